The first-order valence-electron chi connectivity index (χ1n) is 8.04. The number of hydrogen-bond donors (Lipinski definition) is 2. The van der Waals surface area contributed by atoms with E-state index in [0.29, 0.717) is 12.3 Å². The molecule has 7 nitrogen and oxygen atoms in total. The van der Waals surface area contributed by atoms with Crippen LogP contribution in [0.15, 0.2) is 23.1 Å². The summed E-state index contributed by atoms with van der Waals surface area (Å²) < 4.78 is 33.1. The summed E-state index contributed by atoms with van der Waals surface area (Å²) in [5.74, 6) is -0.00937. The van der Waals surface area contributed by atoms with Gasteiger partial charge in [-0.3, -0.25) is 4.79 Å². The van der Waals surface area contributed by atoms with Crippen molar-refractivity contribution in [3.63, 3.8) is 0 Å². The minimum atomic E-state index is -3.68. The van der Waals surface area contributed by atoms with Gasteiger partial charge in [0.2, 0.25) is 10.0 Å². The van der Waals surface area contributed by atoms with Crippen LogP contribution >= 0.6 is 0 Å². The number of carbonyl (C=O) groups excluding carboxylic acids is 1. The quantitative estimate of drug-likeness (QED) is 0.789. The number of likely N-dealkylation sites (tertiary alicyclic amines) is 1. The van der Waals surface area contributed by atoms with Crippen LogP contribution in [0.25, 0.3) is 0 Å². The molecule has 2 N–H and O–H groups in total. The molecule has 1 aromatic rings. The molecule has 2 rings (SSSR count). The number of sulfonamides is 1. The maximum atomic E-state index is 12.6. The van der Waals surface area contributed by atoms with E-state index in [4.69, 9.17) is 4.74 Å². The van der Waals surface area contributed by atoms with Gasteiger partial charge in [0.15, 0.2) is 0 Å². The SMILES string of the molecule is CCNC(=O)c1cc(S(=O)(=O)NC2CCN(C)CC2)ccc1OC. The summed E-state index contributed by atoms with van der Waals surface area (Å²) >= 11 is 0. The molecule has 0 saturated carbocycles. The summed E-state index contributed by atoms with van der Waals surface area (Å²) in [5, 5.41) is 2.66. The summed E-state index contributed by atoms with van der Waals surface area (Å²) in [6.07, 6.45) is 1.55. The Bertz CT molecular complexity index is 683. The van der Waals surface area contributed by atoms with Gasteiger partial charge in [-0.05, 0) is 58.1 Å². The van der Waals surface area contributed by atoms with E-state index < -0.39 is 10.0 Å². The van der Waals surface area contributed by atoms with Crippen molar-refractivity contribution >= 4 is 15.9 Å². The second kappa shape index (κ2) is 7.96. The Labute approximate surface area is 143 Å². The van der Waals surface area contributed by atoms with Crippen molar-refractivity contribution in [1.29, 1.82) is 0 Å². The maximum absolute atomic E-state index is 12.6. The van der Waals surface area contributed by atoms with Crippen LogP contribution in [0, 0.1) is 0 Å². The number of amides is 1. The third-order valence-corrected chi connectivity index (χ3v) is 5.62. The predicted octanol–water partition coefficient (Wildman–Crippen LogP) is 0.817. The fourth-order valence-electron chi connectivity index (χ4n) is 2.70. The Morgan fingerprint density at radius 1 is 1.33 bits per heavy atom. The van der Waals surface area contributed by atoms with Crippen LogP contribution in [0.5, 0.6) is 5.75 Å². The first kappa shape index (κ1) is 18.7. The van der Waals surface area contributed by atoms with Crippen molar-refractivity contribution in [2.45, 2.75) is 30.7 Å². The third kappa shape index (κ3) is 4.46. The summed E-state index contributed by atoms with van der Waals surface area (Å²) in [7, 11) is -0.209. The molecule has 1 saturated heterocycles. The van der Waals surface area contributed by atoms with Gasteiger partial charge in [-0.15, -0.1) is 0 Å². The van der Waals surface area contributed by atoms with E-state index >= 15 is 0 Å². The smallest absolute Gasteiger partial charge is 0.255 e. The summed E-state index contributed by atoms with van der Waals surface area (Å²) in [6, 6.07) is 4.24. The molecule has 134 valence electrons. The van der Waals surface area contributed by atoms with Gasteiger partial charge >= 0.3 is 0 Å². The molecule has 0 bridgehead atoms. The summed E-state index contributed by atoms with van der Waals surface area (Å²) in [6.45, 7) is 3.97. The van der Waals surface area contributed by atoms with Gasteiger partial charge in [0.1, 0.15) is 5.75 Å². The Morgan fingerprint density at radius 2 is 2.00 bits per heavy atom. The fourth-order valence-corrected chi connectivity index (χ4v) is 4.03. The van der Waals surface area contributed by atoms with Crippen LogP contribution in [0.2, 0.25) is 0 Å². The van der Waals surface area contributed by atoms with Gasteiger partial charge in [0.05, 0.1) is 17.6 Å². The third-order valence-electron chi connectivity index (χ3n) is 4.10. The molecule has 0 spiro atoms. The molecule has 1 aliphatic rings. The van der Waals surface area contributed by atoms with E-state index in [1.807, 2.05) is 7.05 Å². The van der Waals surface area contributed by atoms with Gasteiger partial charge in [0.25, 0.3) is 5.91 Å². The first-order valence-corrected chi connectivity index (χ1v) is 9.52. The van der Waals surface area contributed by atoms with E-state index in [1.54, 1.807) is 6.92 Å². The van der Waals surface area contributed by atoms with Gasteiger partial charge in [-0.25, -0.2) is 13.1 Å². The molecule has 1 amide bonds. The number of nitrogens with one attached hydrogen (secondary N) is 2. The normalized spacial score (nSPS) is 16.8. The number of nitrogens with zero attached hydrogens (tertiary/aromatic N) is 1. The van der Waals surface area contributed by atoms with E-state index in [-0.39, 0.29) is 22.4 Å². The number of methoxy groups -OCH3 is 1. The lowest BCUT2D eigenvalue weighted by Gasteiger charge is -2.29. The van der Waals surface area contributed by atoms with Crippen molar-refractivity contribution in [3.05, 3.63) is 23.8 Å². The van der Waals surface area contributed by atoms with Gasteiger partial charge < -0.3 is 15.0 Å². The highest BCUT2D eigenvalue weighted by Gasteiger charge is 2.25. The lowest BCUT2D eigenvalue weighted by atomic mass is 10.1. The van der Waals surface area contributed by atoms with Crippen LogP contribution < -0.4 is 14.8 Å². The zero-order valence-corrected chi connectivity index (χ0v) is 15.1. The maximum Gasteiger partial charge on any atom is 0.255 e. The Morgan fingerprint density at radius 3 is 2.58 bits per heavy atom. The van der Waals surface area contributed by atoms with Crippen LogP contribution in [-0.4, -0.2) is 59.1 Å². The molecule has 0 aliphatic carbocycles. The molecule has 0 radical (unpaired) electrons. The standard InChI is InChI=1S/C16H25N3O4S/c1-4-17-16(20)14-11-13(5-6-15(14)23-3)24(21,22)18-12-7-9-19(2)10-8-12/h5-6,11-12,18H,4,7-10H2,1-3H3,(H,17,20). The number of benzene rings is 1. The number of ether oxygens (including phenoxy) is 1. The number of rotatable bonds is 6. The largest absolute Gasteiger partial charge is 0.496 e. The lowest BCUT2D eigenvalue weighted by molar-refractivity contribution is 0.0952. The van der Waals surface area contributed by atoms with Crippen molar-refractivity contribution < 1.29 is 17.9 Å². The van der Waals surface area contributed by atoms with E-state index in [2.05, 4.69) is 14.9 Å². The molecule has 1 aliphatic heterocycles. The van der Waals surface area contributed by atoms with E-state index in [1.165, 1.54) is 25.3 Å². The van der Waals surface area contributed by atoms with E-state index in [0.717, 1.165) is 25.9 Å². The Balaban J connectivity index is 2.23. The Hall–Kier alpha value is -1.64. The van der Waals surface area contributed by atoms with Gasteiger partial charge in [0, 0.05) is 12.6 Å². The highest BCUT2D eigenvalue weighted by Crippen LogP contribution is 2.23. The Kier molecular flexibility index (Phi) is 6.20. The predicted molar refractivity (Wildman–Crippen MR) is 91.8 cm³/mol. The molecule has 24 heavy (non-hydrogen) atoms. The van der Waals surface area contributed by atoms with Crippen molar-refractivity contribution in [3.8, 4) is 5.75 Å². The highest BCUT2D eigenvalue weighted by molar-refractivity contribution is 7.89. The fraction of sp³-hybridized carbons (Fsp3) is 0.562. The topological polar surface area (TPSA) is 87.7 Å². The van der Waals surface area contributed by atoms with E-state index in [9.17, 15) is 13.2 Å². The molecule has 0 atom stereocenters. The van der Waals surface area contributed by atoms with Crippen molar-refractivity contribution in [2.24, 2.45) is 0 Å². The molecular formula is C16H25N3O4S. The second-order valence-corrected chi connectivity index (χ2v) is 7.63. The minimum Gasteiger partial charge on any atom is -0.496 e. The molecule has 1 fully saturated rings. The lowest BCUT2D eigenvalue weighted by Crippen LogP contribution is -2.43. The monoisotopic (exact) mass is 355 g/mol. The van der Waals surface area contributed by atoms with Gasteiger partial charge in [-0.1, -0.05) is 0 Å². The number of hydrogen-bond acceptors (Lipinski definition) is 5. The molecule has 1 heterocycles. The second-order valence-electron chi connectivity index (χ2n) is 5.92. The van der Waals surface area contributed by atoms with Crippen molar-refractivity contribution in [1.82, 2.24) is 14.9 Å². The first-order chi connectivity index (χ1) is 11.4. The average molecular weight is 355 g/mol. The van der Waals surface area contributed by atoms with Crippen molar-refractivity contribution in [2.75, 3.05) is 33.8 Å². The molecular weight excluding hydrogens is 330 g/mol. The van der Waals surface area contributed by atoms with Crippen LogP contribution in [0.4, 0.5) is 0 Å². The minimum absolute atomic E-state index is 0.0727. The number of piperidine rings is 1. The van der Waals surface area contributed by atoms with Crippen LogP contribution in [-0.2, 0) is 10.0 Å². The molecule has 0 unspecified atom stereocenters. The summed E-state index contributed by atoms with van der Waals surface area (Å²) in [4.78, 5) is 14.4. The average Bonchev–Trinajstić information content (AvgIpc) is 2.56. The highest BCUT2D eigenvalue weighted by atomic mass is 32.2. The summed E-state index contributed by atoms with van der Waals surface area (Å²) in [5.41, 5.74) is 0.214. The molecule has 8 heteroatoms. The van der Waals surface area contributed by atoms with Crippen LogP contribution in [0.3, 0.4) is 0 Å². The molecule has 0 aromatic heterocycles. The van der Waals surface area contributed by atoms with Gasteiger partial charge in [-0.2, -0.15) is 0 Å². The van der Waals surface area contributed by atoms with Crippen LogP contribution in [0.1, 0.15) is 30.1 Å². The number of carbonyl (C=O) groups is 1. The zero-order chi connectivity index (χ0) is 17.7. The zero-order valence-electron chi connectivity index (χ0n) is 14.3. The molecule has 1 aromatic carbocycles.